The molecule has 0 fully saturated rings. The van der Waals surface area contributed by atoms with Crippen molar-refractivity contribution in [2.75, 3.05) is 0 Å². The van der Waals surface area contributed by atoms with E-state index in [1.165, 1.54) is 24.3 Å². The zero-order valence-electron chi connectivity index (χ0n) is 8.34. The first-order valence-corrected chi connectivity index (χ1v) is 3.27. The molecule has 8 heteroatoms. The molecule has 0 saturated carbocycles. The number of hydrogen-bond acceptors (Lipinski definition) is 4. The minimum Gasteiger partial charge on any atom is -0.545 e. The Labute approximate surface area is 110 Å². The van der Waals surface area contributed by atoms with Crippen molar-refractivity contribution in [1.82, 2.24) is 0 Å². The summed E-state index contributed by atoms with van der Waals surface area (Å²) in [5, 5.41) is 19.3. The molecule has 0 aliphatic carbocycles. The summed E-state index contributed by atoms with van der Waals surface area (Å²) in [4.78, 5) is 20.2. The van der Waals surface area contributed by atoms with Crippen LogP contribution in [0.15, 0.2) is 24.3 Å². The monoisotopic (exact) mass is 194 g/mol. The molecule has 0 saturated heterocycles. The van der Waals surface area contributed by atoms with Crippen molar-refractivity contribution in [3.05, 3.63) is 45.4 Å². The molecule has 0 aromatic heterocycles. The quantitative estimate of drug-likeness (QED) is 0.272. The molecule has 0 N–H and O–H groups in total. The minimum absolute atomic E-state index is 0. The number of carboxylic acid groups (broad SMARTS) is 1. The number of nitrogens with zero attached hydrogens (tertiary/aromatic N) is 2. The molecule has 0 unspecified atom stereocenters. The Balaban J connectivity index is 0. The molecular weight excluding hydrogens is 190 g/mol. The molecule has 0 amide bonds. The summed E-state index contributed by atoms with van der Waals surface area (Å²) in [6.07, 6.45) is 0. The molecule has 0 atom stereocenters. The smallest absolute Gasteiger partial charge is 0.545 e. The van der Waals surface area contributed by atoms with Crippen LogP contribution < -0.4 is 42.8 Å². The van der Waals surface area contributed by atoms with Crippen molar-refractivity contribution in [2.24, 2.45) is 0 Å². The molecular formula is C7H4Li2N2O4. The molecule has 0 heterocycles. The van der Waals surface area contributed by atoms with Gasteiger partial charge in [-0.15, -0.1) is 0 Å². The Bertz CT molecular complexity index is 341. The van der Waals surface area contributed by atoms with Gasteiger partial charge < -0.3 is 15.3 Å². The number of hydrogen-bond donors (Lipinski definition) is 0. The fourth-order valence-electron chi connectivity index (χ4n) is 0.758. The molecule has 1 aromatic rings. The summed E-state index contributed by atoms with van der Waals surface area (Å²) in [5.74, 6) is -1.33. The number of aromatic carboxylic acids is 1. The minimum atomic E-state index is -1.33. The SMILES string of the molecule is O=C([O-])c1ccc([N-][N+](=O)[O-])cc1.[Li+].[Li+]. The van der Waals surface area contributed by atoms with Gasteiger partial charge in [-0.2, -0.15) is 0 Å². The molecule has 1 aromatic carbocycles. The fourth-order valence-corrected chi connectivity index (χ4v) is 0.758. The average Bonchev–Trinajstić information content (AvgIpc) is 2.04. The number of carbonyl (C=O) groups excluding carboxylic acids is 1. The van der Waals surface area contributed by atoms with Gasteiger partial charge in [0.15, 0.2) is 0 Å². The normalized spacial score (nSPS) is 8.00. The van der Waals surface area contributed by atoms with Crippen LogP contribution in [0, 0.1) is 10.1 Å². The Kier molecular flexibility index (Phi) is 8.13. The summed E-state index contributed by atoms with van der Waals surface area (Å²) in [7, 11) is 0. The Morgan fingerprint density at radius 2 is 1.67 bits per heavy atom. The standard InChI is InChI=1S/C7H5N2O4.2Li/c10-7(11)5-1-3-6(4-2-5)8-9(12)13;;/h1-4H,(H,10,11);;/q-1;2*+1/p-1. The third-order valence-corrected chi connectivity index (χ3v) is 1.30. The van der Waals surface area contributed by atoms with Crippen LogP contribution in [0.2, 0.25) is 0 Å². The van der Waals surface area contributed by atoms with Crippen LogP contribution >= 0.6 is 0 Å². The van der Waals surface area contributed by atoms with E-state index >= 15 is 0 Å². The van der Waals surface area contributed by atoms with Crippen LogP contribution in [-0.4, -0.2) is 11.0 Å². The number of benzene rings is 1. The van der Waals surface area contributed by atoms with Gasteiger partial charge in [0, 0.05) is 0 Å². The van der Waals surface area contributed by atoms with Crippen molar-refractivity contribution in [1.29, 1.82) is 0 Å². The van der Waals surface area contributed by atoms with Gasteiger partial charge in [-0.1, -0.05) is 30.0 Å². The molecule has 0 aliphatic heterocycles. The zero-order valence-corrected chi connectivity index (χ0v) is 8.34. The summed E-state index contributed by atoms with van der Waals surface area (Å²) < 4.78 is 0. The van der Waals surface area contributed by atoms with E-state index in [0.29, 0.717) is 0 Å². The molecule has 15 heavy (non-hydrogen) atoms. The van der Waals surface area contributed by atoms with Crippen LogP contribution in [0.25, 0.3) is 5.43 Å². The predicted octanol–water partition coefficient (Wildman–Crippen LogP) is -5.74. The van der Waals surface area contributed by atoms with Crippen LogP contribution in [0.3, 0.4) is 0 Å². The van der Waals surface area contributed by atoms with Crippen LogP contribution in [-0.2, 0) is 0 Å². The topological polar surface area (TPSA) is 97.4 Å². The van der Waals surface area contributed by atoms with Crippen molar-refractivity contribution >= 4 is 11.7 Å². The van der Waals surface area contributed by atoms with Gasteiger partial charge in [0.1, 0.15) is 0 Å². The van der Waals surface area contributed by atoms with Crippen molar-refractivity contribution < 1.29 is 52.7 Å². The number of nitro groups is 1. The first kappa shape index (κ1) is 16.5. The third-order valence-electron chi connectivity index (χ3n) is 1.30. The van der Waals surface area contributed by atoms with Crippen LogP contribution in [0.1, 0.15) is 10.4 Å². The average molecular weight is 194 g/mol. The van der Waals surface area contributed by atoms with Crippen molar-refractivity contribution in [3.8, 4) is 0 Å². The molecule has 0 radical (unpaired) electrons. The Hall–Kier alpha value is -0.915. The largest absolute Gasteiger partial charge is 1.00 e. The maximum absolute atomic E-state index is 10.3. The van der Waals surface area contributed by atoms with Gasteiger partial charge in [0.25, 0.3) is 0 Å². The fraction of sp³-hybridized carbons (Fsp3) is 0. The van der Waals surface area contributed by atoms with Crippen molar-refractivity contribution in [3.63, 3.8) is 0 Å². The van der Waals surface area contributed by atoms with E-state index in [4.69, 9.17) is 0 Å². The number of rotatable bonds is 3. The van der Waals surface area contributed by atoms with E-state index in [1.54, 1.807) is 0 Å². The maximum atomic E-state index is 10.3. The van der Waals surface area contributed by atoms with Crippen LogP contribution in [0.4, 0.5) is 5.69 Å². The van der Waals surface area contributed by atoms with Gasteiger partial charge >= 0.3 is 37.7 Å². The van der Waals surface area contributed by atoms with Gasteiger partial charge in [-0.3, -0.25) is 10.1 Å². The molecule has 68 valence electrons. The van der Waals surface area contributed by atoms with Crippen molar-refractivity contribution in [2.45, 2.75) is 0 Å². The summed E-state index contributed by atoms with van der Waals surface area (Å²) in [6, 6.07) is 4.84. The second-order valence-electron chi connectivity index (χ2n) is 2.17. The summed E-state index contributed by atoms with van der Waals surface area (Å²) in [6.45, 7) is 0. The van der Waals surface area contributed by atoms with Gasteiger partial charge in [0.05, 0.1) is 5.97 Å². The number of carbonyl (C=O) groups is 1. The maximum Gasteiger partial charge on any atom is 1.00 e. The molecule has 0 bridgehead atoms. The van der Waals surface area contributed by atoms with Gasteiger partial charge in [-0.05, 0) is 10.6 Å². The summed E-state index contributed by atoms with van der Waals surface area (Å²) >= 11 is 0. The van der Waals surface area contributed by atoms with E-state index in [1.807, 2.05) is 0 Å². The third kappa shape index (κ3) is 5.51. The molecule has 1 rings (SSSR count). The van der Waals surface area contributed by atoms with Gasteiger partial charge in [0.2, 0.25) is 0 Å². The molecule has 0 spiro atoms. The first-order valence-electron chi connectivity index (χ1n) is 3.27. The predicted molar refractivity (Wildman–Crippen MR) is 40.8 cm³/mol. The molecule has 0 aliphatic rings. The van der Waals surface area contributed by atoms with E-state index in [0.717, 1.165) is 0 Å². The van der Waals surface area contributed by atoms with E-state index in [9.17, 15) is 20.0 Å². The summed E-state index contributed by atoms with van der Waals surface area (Å²) in [5.41, 5.74) is 3.02. The molecule has 6 nitrogen and oxygen atoms in total. The second kappa shape index (κ2) is 7.39. The number of carboxylic acids is 1. The first-order chi connectivity index (χ1) is 6.09. The van der Waals surface area contributed by atoms with Gasteiger partial charge in [-0.25, -0.2) is 0 Å². The Morgan fingerprint density at radius 1 is 1.20 bits per heavy atom. The van der Waals surface area contributed by atoms with E-state index in [2.05, 4.69) is 5.43 Å². The van der Waals surface area contributed by atoms with E-state index in [-0.39, 0.29) is 49.0 Å². The zero-order chi connectivity index (χ0) is 9.84. The second-order valence-corrected chi connectivity index (χ2v) is 2.17. The van der Waals surface area contributed by atoms with Crippen LogP contribution in [0.5, 0.6) is 0 Å². The Morgan fingerprint density at radius 3 is 2.00 bits per heavy atom. The van der Waals surface area contributed by atoms with E-state index < -0.39 is 11.0 Å².